The molecule has 3 rings (SSSR count). The number of amides is 2. The first-order valence-electron chi connectivity index (χ1n) is 7.25. The summed E-state index contributed by atoms with van der Waals surface area (Å²) in [6, 6.07) is 6.80. The van der Waals surface area contributed by atoms with E-state index in [0.717, 1.165) is 12.0 Å². The highest BCUT2D eigenvalue weighted by Gasteiger charge is 2.35. The highest BCUT2D eigenvalue weighted by atomic mass is 16.5. The number of methoxy groups -OCH3 is 1. The van der Waals surface area contributed by atoms with Crippen LogP contribution in [0.4, 0.5) is 4.79 Å². The van der Waals surface area contributed by atoms with Crippen molar-refractivity contribution in [1.82, 2.24) is 10.2 Å². The third kappa shape index (κ3) is 2.39. The molecule has 0 radical (unpaired) electrons. The molecule has 0 aliphatic carbocycles. The van der Waals surface area contributed by atoms with E-state index < -0.39 is 6.04 Å². The van der Waals surface area contributed by atoms with E-state index in [0.29, 0.717) is 23.6 Å². The van der Waals surface area contributed by atoms with Gasteiger partial charge in [0.2, 0.25) is 0 Å². The Morgan fingerprint density at radius 1 is 1.41 bits per heavy atom. The van der Waals surface area contributed by atoms with Gasteiger partial charge in [0.25, 0.3) is 0 Å². The molecule has 0 saturated heterocycles. The Morgan fingerprint density at radius 2 is 2.23 bits per heavy atom. The Labute approximate surface area is 129 Å². The molecule has 1 N–H and O–H groups in total. The SMILES string of the molecule is COc1cccc(C2NC(=O)N3CCC=CC3=C2C(C)=O)c1. The largest absolute Gasteiger partial charge is 0.497 e. The summed E-state index contributed by atoms with van der Waals surface area (Å²) < 4.78 is 5.24. The summed E-state index contributed by atoms with van der Waals surface area (Å²) in [5.74, 6) is 0.653. The van der Waals surface area contributed by atoms with E-state index in [1.54, 1.807) is 12.0 Å². The zero-order chi connectivity index (χ0) is 15.7. The van der Waals surface area contributed by atoms with Crippen molar-refractivity contribution in [3.05, 3.63) is 53.3 Å². The van der Waals surface area contributed by atoms with Crippen molar-refractivity contribution in [2.24, 2.45) is 0 Å². The van der Waals surface area contributed by atoms with Gasteiger partial charge in [-0.2, -0.15) is 0 Å². The number of allylic oxidation sites excluding steroid dienone is 1. The molecular formula is C17H18N2O3. The fraction of sp³-hybridized carbons (Fsp3) is 0.294. The Kier molecular flexibility index (Phi) is 3.71. The number of urea groups is 1. The first-order chi connectivity index (χ1) is 10.6. The molecule has 2 heterocycles. The number of carbonyl (C=O) groups excluding carboxylic acids is 2. The minimum absolute atomic E-state index is 0.0423. The van der Waals surface area contributed by atoms with Gasteiger partial charge in [0, 0.05) is 12.1 Å². The lowest BCUT2D eigenvalue weighted by atomic mass is 9.91. The Bertz CT molecular complexity index is 691. The number of carbonyl (C=O) groups is 2. The van der Waals surface area contributed by atoms with Gasteiger partial charge in [-0.05, 0) is 37.1 Å². The number of hydrogen-bond donors (Lipinski definition) is 1. The molecule has 1 atom stereocenters. The molecule has 0 fully saturated rings. The highest BCUT2D eigenvalue weighted by Crippen LogP contribution is 2.34. The zero-order valence-corrected chi connectivity index (χ0v) is 12.6. The lowest BCUT2D eigenvalue weighted by molar-refractivity contribution is -0.114. The van der Waals surface area contributed by atoms with Crippen molar-refractivity contribution in [2.45, 2.75) is 19.4 Å². The summed E-state index contributed by atoms with van der Waals surface area (Å²) in [5, 5.41) is 2.93. The van der Waals surface area contributed by atoms with Crippen LogP contribution in [0.3, 0.4) is 0 Å². The summed E-state index contributed by atoms with van der Waals surface area (Å²) in [5.41, 5.74) is 2.16. The van der Waals surface area contributed by atoms with E-state index in [-0.39, 0.29) is 11.8 Å². The van der Waals surface area contributed by atoms with E-state index in [4.69, 9.17) is 4.74 Å². The molecule has 114 valence electrons. The number of fused-ring (bicyclic) bond motifs is 1. The number of ketones is 1. The quantitative estimate of drug-likeness (QED) is 0.933. The van der Waals surface area contributed by atoms with Gasteiger partial charge in [-0.25, -0.2) is 4.79 Å². The first-order valence-corrected chi connectivity index (χ1v) is 7.25. The maximum absolute atomic E-state index is 12.3. The zero-order valence-electron chi connectivity index (χ0n) is 12.6. The highest BCUT2D eigenvalue weighted by molar-refractivity contribution is 5.99. The summed E-state index contributed by atoms with van der Waals surface area (Å²) in [7, 11) is 1.59. The molecule has 1 aromatic rings. The molecule has 1 aromatic carbocycles. The van der Waals surface area contributed by atoms with Crippen molar-refractivity contribution in [2.75, 3.05) is 13.7 Å². The topological polar surface area (TPSA) is 58.6 Å². The van der Waals surface area contributed by atoms with E-state index in [1.165, 1.54) is 6.92 Å². The minimum atomic E-state index is -0.450. The average Bonchev–Trinajstić information content (AvgIpc) is 2.54. The fourth-order valence-corrected chi connectivity index (χ4v) is 2.93. The molecule has 22 heavy (non-hydrogen) atoms. The normalized spacial score (nSPS) is 20.5. The lowest BCUT2D eigenvalue weighted by Gasteiger charge is -2.37. The predicted molar refractivity (Wildman–Crippen MR) is 82.4 cm³/mol. The monoisotopic (exact) mass is 298 g/mol. The van der Waals surface area contributed by atoms with Gasteiger partial charge in [0.1, 0.15) is 5.75 Å². The van der Waals surface area contributed by atoms with Gasteiger partial charge in [0.15, 0.2) is 5.78 Å². The molecule has 0 aromatic heterocycles. The van der Waals surface area contributed by atoms with Crippen molar-refractivity contribution in [1.29, 1.82) is 0 Å². The van der Waals surface area contributed by atoms with Crippen LogP contribution >= 0.6 is 0 Å². The number of rotatable bonds is 3. The van der Waals surface area contributed by atoms with Gasteiger partial charge in [-0.1, -0.05) is 18.2 Å². The van der Waals surface area contributed by atoms with Crippen LogP contribution in [0, 0.1) is 0 Å². The predicted octanol–water partition coefficient (Wildman–Crippen LogP) is 2.56. The van der Waals surface area contributed by atoms with E-state index in [2.05, 4.69) is 5.32 Å². The number of ether oxygens (including phenoxy) is 1. The van der Waals surface area contributed by atoms with Crippen molar-refractivity contribution in [3.8, 4) is 5.75 Å². The Hall–Kier alpha value is -2.56. The number of Topliss-reactive ketones (excluding diaryl/α,β-unsaturated/α-hetero) is 1. The number of nitrogens with zero attached hydrogens (tertiary/aromatic N) is 1. The van der Waals surface area contributed by atoms with Crippen LogP contribution in [0.5, 0.6) is 5.75 Å². The average molecular weight is 298 g/mol. The fourth-order valence-electron chi connectivity index (χ4n) is 2.93. The standard InChI is InChI=1S/C17H18N2O3/c1-11(20)15-14-8-3-4-9-19(14)17(21)18-16(15)12-6-5-7-13(10-12)22-2/h3,5-8,10,16H,4,9H2,1-2H3,(H,18,21). The first kappa shape index (κ1) is 14.4. The molecule has 0 bridgehead atoms. The summed E-state index contributed by atoms with van der Waals surface area (Å²) in [4.78, 5) is 26.2. The summed E-state index contributed by atoms with van der Waals surface area (Å²) >= 11 is 0. The molecule has 2 aliphatic heterocycles. The Balaban J connectivity index is 2.13. The molecule has 5 nitrogen and oxygen atoms in total. The van der Waals surface area contributed by atoms with Crippen LogP contribution in [0.15, 0.2) is 47.7 Å². The van der Waals surface area contributed by atoms with Gasteiger partial charge < -0.3 is 10.1 Å². The molecule has 0 saturated carbocycles. The summed E-state index contributed by atoms with van der Waals surface area (Å²) in [6.07, 6.45) is 4.66. The second-order valence-corrected chi connectivity index (χ2v) is 5.36. The van der Waals surface area contributed by atoms with Crippen molar-refractivity contribution in [3.63, 3.8) is 0 Å². The lowest BCUT2D eigenvalue weighted by Crippen LogP contribution is -2.48. The van der Waals surface area contributed by atoms with Crippen molar-refractivity contribution >= 4 is 11.8 Å². The van der Waals surface area contributed by atoms with Crippen LogP contribution in [0.1, 0.15) is 24.9 Å². The third-order valence-corrected chi connectivity index (χ3v) is 3.97. The number of nitrogens with one attached hydrogen (secondary N) is 1. The second kappa shape index (κ2) is 5.67. The Morgan fingerprint density at radius 3 is 2.95 bits per heavy atom. The van der Waals surface area contributed by atoms with E-state index in [9.17, 15) is 9.59 Å². The maximum atomic E-state index is 12.3. The minimum Gasteiger partial charge on any atom is -0.497 e. The van der Waals surface area contributed by atoms with Gasteiger partial charge >= 0.3 is 6.03 Å². The smallest absolute Gasteiger partial charge is 0.322 e. The maximum Gasteiger partial charge on any atom is 0.322 e. The van der Waals surface area contributed by atoms with E-state index in [1.807, 2.05) is 36.4 Å². The van der Waals surface area contributed by atoms with Crippen LogP contribution in [0.25, 0.3) is 0 Å². The van der Waals surface area contributed by atoms with E-state index >= 15 is 0 Å². The molecule has 2 aliphatic rings. The van der Waals surface area contributed by atoms with Crippen LogP contribution in [-0.2, 0) is 4.79 Å². The van der Waals surface area contributed by atoms with Crippen molar-refractivity contribution < 1.29 is 14.3 Å². The molecule has 5 heteroatoms. The van der Waals surface area contributed by atoms with Gasteiger partial charge in [0.05, 0.1) is 18.8 Å². The van der Waals surface area contributed by atoms with Gasteiger partial charge in [-0.15, -0.1) is 0 Å². The molecule has 1 unspecified atom stereocenters. The van der Waals surface area contributed by atoms with Crippen LogP contribution in [0.2, 0.25) is 0 Å². The third-order valence-electron chi connectivity index (χ3n) is 3.97. The number of benzene rings is 1. The van der Waals surface area contributed by atoms with Gasteiger partial charge in [-0.3, -0.25) is 9.69 Å². The van der Waals surface area contributed by atoms with Crippen LogP contribution < -0.4 is 10.1 Å². The second-order valence-electron chi connectivity index (χ2n) is 5.36. The molecule has 0 spiro atoms. The molecule has 2 amide bonds. The van der Waals surface area contributed by atoms with Crippen LogP contribution in [-0.4, -0.2) is 30.4 Å². The number of hydrogen-bond acceptors (Lipinski definition) is 3. The summed E-state index contributed by atoms with van der Waals surface area (Å²) in [6.45, 7) is 2.13. The molecular weight excluding hydrogens is 280 g/mol.